The maximum Gasteiger partial charge on any atom is 0.246 e. The number of carbonyl (C=O) groups is 1. The third-order valence-corrected chi connectivity index (χ3v) is 6.17. The second kappa shape index (κ2) is 9.29. The highest BCUT2D eigenvalue weighted by Crippen LogP contribution is 2.29. The third kappa shape index (κ3) is 4.53. The van der Waals surface area contributed by atoms with Gasteiger partial charge in [-0.05, 0) is 41.8 Å². The number of carbonyl (C=O) groups excluding carboxylic acids is 1. The second-order valence-electron chi connectivity index (χ2n) is 7.89. The number of aryl methyl sites for hydroxylation is 1. The highest BCUT2D eigenvalue weighted by molar-refractivity contribution is 6.42. The van der Waals surface area contributed by atoms with Gasteiger partial charge in [-0.15, -0.1) is 0 Å². The quantitative estimate of drug-likeness (QED) is 0.336. The number of rotatable bonds is 6. The van der Waals surface area contributed by atoms with Crippen LogP contribution in [0.5, 0.6) is 0 Å². The number of hydrogen-bond acceptors (Lipinski definition) is 4. The topological polar surface area (TPSA) is 77.6 Å². The van der Waals surface area contributed by atoms with E-state index in [4.69, 9.17) is 23.2 Å². The number of aromatic nitrogens is 5. The van der Waals surface area contributed by atoms with Crippen molar-refractivity contribution in [2.75, 3.05) is 5.32 Å². The molecule has 3 heterocycles. The summed E-state index contributed by atoms with van der Waals surface area (Å²) in [5, 5.41) is 13.7. The van der Waals surface area contributed by atoms with Crippen molar-refractivity contribution >= 4 is 45.8 Å². The fraction of sp³-hybridized carbons (Fsp3) is 0.120. The molecule has 9 heteroatoms. The molecule has 3 aromatic heterocycles. The minimum Gasteiger partial charge on any atom is -0.322 e. The lowest BCUT2D eigenvalue weighted by Gasteiger charge is -2.06. The van der Waals surface area contributed by atoms with E-state index in [-0.39, 0.29) is 12.5 Å². The van der Waals surface area contributed by atoms with E-state index >= 15 is 0 Å². The number of fused-ring (bicyclic) bond motifs is 1. The van der Waals surface area contributed by atoms with Crippen molar-refractivity contribution in [2.45, 2.75) is 20.0 Å². The minimum absolute atomic E-state index is 0.0353. The van der Waals surface area contributed by atoms with Gasteiger partial charge in [0.1, 0.15) is 6.54 Å². The molecule has 0 aliphatic carbocycles. The largest absolute Gasteiger partial charge is 0.322 e. The van der Waals surface area contributed by atoms with Crippen LogP contribution in [0.2, 0.25) is 10.0 Å². The Morgan fingerprint density at radius 3 is 2.68 bits per heavy atom. The fourth-order valence-electron chi connectivity index (χ4n) is 3.93. The number of anilines is 1. The highest BCUT2D eigenvalue weighted by atomic mass is 35.5. The molecule has 34 heavy (non-hydrogen) atoms. The van der Waals surface area contributed by atoms with Gasteiger partial charge in [0, 0.05) is 17.8 Å². The van der Waals surface area contributed by atoms with Gasteiger partial charge in [0.25, 0.3) is 0 Å². The summed E-state index contributed by atoms with van der Waals surface area (Å²) in [6.45, 7) is 2.47. The number of halogens is 2. The molecular weight excluding hydrogens is 471 g/mol. The average Bonchev–Trinajstić information content (AvgIpc) is 3.40. The Hall–Kier alpha value is -3.68. The molecule has 0 bridgehead atoms. The summed E-state index contributed by atoms with van der Waals surface area (Å²) in [5.74, 6) is -0.217. The van der Waals surface area contributed by atoms with Crippen molar-refractivity contribution in [3.63, 3.8) is 0 Å². The second-order valence-corrected chi connectivity index (χ2v) is 8.70. The van der Waals surface area contributed by atoms with Gasteiger partial charge < -0.3 is 5.32 Å². The summed E-state index contributed by atoms with van der Waals surface area (Å²) in [6.07, 6.45) is 5.11. The van der Waals surface area contributed by atoms with Gasteiger partial charge in [0.15, 0.2) is 5.65 Å². The first-order chi connectivity index (χ1) is 16.5. The van der Waals surface area contributed by atoms with Crippen LogP contribution >= 0.6 is 23.2 Å². The van der Waals surface area contributed by atoms with Gasteiger partial charge in [-0.25, -0.2) is 9.67 Å². The van der Waals surface area contributed by atoms with Crippen molar-refractivity contribution in [2.24, 2.45) is 0 Å². The van der Waals surface area contributed by atoms with Gasteiger partial charge in [0.05, 0.1) is 34.2 Å². The SMILES string of the molecule is Cc1nn(CC(=O)Nc2cnn(Cc3ccc(Cl)c(Cl)c3)c2)c2nccc(-c3ccccc3)c12. The van der Waals surface area contributed by atoms with Gasteiger partial charge in [-0.3, -0.25) is 9.48 Å². The Labute approximate surface area is 205 Å². The van der Waals surface area contributed by atoms with E-state index in [2.05, 4.69) is 20.5 Å². The van der Waals surface area contributed by atoms with Crippen LogP contribution in [-0.2, 0) is 17.9 Å². The Bertz CT molecular complexity index is 1490. The number of nitrogens with one attached hydrogen (secondary N) is 1. The summed E-state index contributed by atoms with van der Waals surface area (Å²) in [4.78, 5) is 17.3. The van der Waals surface area contributed by atoms with E-state index in [1.807, 2.05) is 49.4 Å². The van der Waals surface area contributed by atoms with Crippen LogP contribution < -0.4 is 5.32 Å². The lowest BCUT2D eigenvalue weighted by atomic mass is 10.0. The smallest absolute Gasteiger partial charge is 0.246 e. The third-order valence-electron chi connectivity index (χ3n) is 5.43. The number of amides is 1. The van der Waals surface area contributed by atoms with Crippen LogP contribution in [0.3, 0.4) is 0 Å². The molecule has 5 rings (SSSR count). The summed E-state index contributed by atoms with van der Waals surface area (Å²) in [6, 6.07) is 17.5. The molecule has 0 spiro atoms. The molecule has 0 saturated heterocycles. The van der Waals surface area contributed by atoms with Crippen molar-refractivity contribution in [1.82, 2.24) is 24.5 Å². The van der Waals surface area contributed by atoms with E-state index in [0.29, 0.717) is 27.9 Å². The van der Waals surface area contributed by atoms with E-state index in [0.717, 1.165) is 27.8 Å². The average molecular weight is 491 g/mol. The lowest BCUT2D eigenvalue weighted by Crippen LogP contribution is -2.19. The molecule has 170 valence electrons. The summed E-state index contributed by atoms with van der Waals surface area (Å²) >= 11 is 12.1. The zero-order valence-corrected chi connectivity index (χ0v) is 19.8. The molecule has 7 nitrogen and oxygen atoms in total. The summed E-state index contributed by atoms with van der Waals surface area (Å²) < 4.78 is 3.35. The molecule has 0 fully saturated rings. The Kier molecular flexibility index (Phi) is 6.04. The van der Waals surface area contributed by atoms with Crippen LogP contribution in [0.25, 0.3) is 22.2 Å². The number of nitrogens with zero attached hydrogens (tertiary/aromatic N) is 5. The van der Waals surface area contributed by atoms with E-state index in [1.165, 1.54) is 0 Å². The van der Waals surface area contributed by atoms with Crippen LogP contribution in [0.15, 0.2) is 73.2 Å². The van der Waals surface area contributed by atoms with Crippen molar-refractivity contribution in [3.05, 3.63) is 94.5 Å². The molecule has 2 aromatic carbocycles. The number of benzene rings is 2. The molecule has 1 amide bonds. The highest BCUT2D eigenvalue weighted by Gasteiger charge is 2.16. The monoisotopic (exact) mass is 490 g/mol. The molecule has 0 atom stereocenters. The predicted octanol–water partition coefficient (Wildman–Crippen LogP) is 5.60. The zero-order chi connectivity index (χ0) is 23.7. The standard InChI is InChI=1S/C25H20Cl2N6O/c1-16-24-20(18-5-3-2-4-6-18)9-10-28-25(24)33(31-16)15-23(34)30-19-12-29-32(14-19)13-17-7-8-21(26)22(27)11-17/h2-12,14H,13,15H2,1H3,(H,30,34). The molecule has 0 aliphatic rings. The first kappa shape index (κ1) is 22.1. The molecule has 0 radical (unpaired) electrons. The van der Waals surface area contributed by atoms with Gasteiger partial charge in [-0.1, -0.05) is 59.6 Å². The molecule has 0 aliphatic heterocycles. The maximum atomic E-state index is 12.8. The van der Waals surface area contributed by atoms with Crippen LogP contribution in [0, 0.1) is 6.92 Å². The molecule has 5 aromatic rings. The molecular formula is C25H20Cl2N6O. The van der Waals surface area contributed by atoms with E-state index in [1.54, 1.807) is 40.1 Å². The predicted molar refractivity (Wildman–Crippen MR) is 134 cm³/mol. The van der Waals surface area contributed by atoms with E-state index in [9.17, 15) is 4.79 Å². The summed E-state index contributed by atoms with van der Waals surface area (Å²) in [5.41, 5.74) is 5.16. The minimum atomic E-state index is -0.217. The molecule has 1 N–H and O–H groups in total. The lowest BCUT2D eigenvalue weighted by molar-refractivity contribution is -0.116. The molecule has 0 unspecified atom stereocenters. The normalized spacial score (nSPS) is 11.1. The van der Waals surface area contributed by atoms with Crippen molar-refractivity contribution in [1.29, 1.82) is 0 Å². The Morgan fingerprint density at radius 1 is 1.06 bits per heavy atom. The van der Waals surface area contributed by atoms with Gasteiger partial charge >= 0.3 is 0 Å². The van der Waals surface area contributed by atoms with Crippen molar-refractivity contribution < 1.29 is 4.79 Å². The van der Waals surface area contributed by atoms with Gasteiger partial charge in [0.2, 0.25) is 5.91 Å². The Morgan fingerprint density at radius 2 is 1.88 bits per heavy atom. The Balaban J connectivity index is 1.32. The maximum absolute atomic E-state index is 12.8. The fourth-order valence-corrected chi connectivity index (χ4v) is 4.25. The number of hydrogen-bond donors (Lipinski definition) is 1. The zero-order valence-electron chi connectivity index (χ0n) is 18.2. The first-order valence-corrected chi connectivity index (χ1v) is 11.4. The molecule has 0 saturated carbocycles. The van der Waals surface area contributed by atoms with Crippen molar-refractivity contribution in [3.8, 4) is 11.1 Å². The van der Waals surface area contributed by atoms with Gasteiger partial charge in [-0.2, -0.15) is 10.2 Å². The number of pyridine rings is 1. The van der Waals surface area contributed by atoms with Crippen LogP contribution in [-0.4, -0.2) is 30.5 Å². The first-order valence-electron chi connectivity index (χ1n) is 10.6. The van der Waals surface area contributed by atoms with Crippen LogP contribution in [0.4, 0.5) is 5.69 Å². The summed E-state index contributed by atoms with van der Waals surface area (Å²) in [7, 11) is 0. The van der Waals surface area contributed by atoms with E-state index < -0.39 is 0 Å². The van der Waals surface area contributed by atoms with Crippen LogP contribution in [0.1, 0.15) is 11.3 Å².